The van der Waals surface area contributed by atoms with Gasteiger partial charge in [0, 0.05) is 0 Å². The van der Waals surface area contributed by atoms with Gasteiger partial charge in [0.05, 0.1) is 13.3 Å². The van der Waals surface area contributed by atoms with Gasteiger partial charge in [-0.25, -0.2) is 9.59 Å². The van der Waals surface area contributed by atoms with Gasteiger partial charge >= 0.3 is 12.1 Å². The number of aromatic carboxylic acids is 1. The van der Waals surface area contributed by atoms with E-state index in [0.29, 0.717) is 0 Å². The van der Waals surface area contributed by atoms with Crippen molar-refractivity contribution in [3.63, 3.8) is 0 Å². The first-order valence-electron chi connectivity index (χ1n) is 4.85. The van der Waals surface area contributed by atoms with Crippen molar-refractivity contribution in [3.8, 4) is 5.88 Å². The molecule has 7 nitrogen and oxygen atoms in total. The third kappa shape index (κ3) is 3.20. The maximum absolute atomic E-state index is 11.6. The largest absolute Gasteiger partial charge is 0.479 e. The van der Waals surface area contributed by atoms with Gasteiger partial charge < -0.3 is 14.6 Å². The number of hydrogen-bond donors (Lipinski definition) is 1. The number of ether oxygens (including phenoxy) is 2. The minimum atomic E-state index is -1.23. The smallest absolute Gasteiger partial charge is 0.435 e. The number of nitrogens with zero attached hydrogens (tertiary/aromatic N) is 2. The molecule has 0 saturated heterocycles. The second-order valence-corrected chi connectivity index (χ2v) is 4.28. The molecule has 0 spiro atoms. The van der Waals surface area contributed by atoms with Crippen molar-refractivity contribution in [2.45, 2.75) is 26.4 Å². The van der Waals surface area contributed by atoms with Crippen molar-refractivity contribution < 1.29 is 24.2 Å². The molecule has 7 heteroatoms. The van der Waals surface area contributed by atoms with Crippen LogP contribution in [0.25, 0.3) is 0 Å². The van der Waals surface area contributed by atoms with E-state index in [0.717, 1.165) is 10.9 Å². The summed E-state index contributed by atoms with van der Waals surface area (Å²) in [5, 5.41) is 12.5. The highest BCUT2D eigenvalue weighted by Gasteiger charge is 2.23. The maximum Gasteiger partial charge on any atom is 0.435 e. The Morgan fingerprint density at radius 2 is 2.00 bits per heavy atom. The molecular weight excluding hydrogens is 228 g/mol. The number of carboxylic acids is 1. The molecule has 1 heterocycles. The molecule has 0 saturated carbocycles. The van der Waals surface area contributed by atoms with Gasteiger partial charge in [-0.15, -0.1) is 5.10 Å². The number of carboxylic acid groups (broad SMARTS) is 1. The SMILES string of the molecule is COc1nn(C(=O)OC(C)(C)C)cc1C(=O)O. The Kier molecular flexibility index (Phi) is 3.40. The quantitative estimate of drug-likeness (QED) is 0.842. The summed E-state index contributed by atoms with van der Waals surface area (Å²) in [6.07, 6.45) is 0.290. The van der Waals surface area contributed by atoms with Crippen molar-refractivity contribution in [1.82, 2.24) is 9.78 Å². The van der Waals surface area contributed by atoms with Crippen LogP contribution in [0.4, 0.5) is 4.79 Å². The monoisotopic (exact) mass is 242 g/mol. The molecule has 94 valence electrons. The van der Waals surface area contributed by atoms with E-state index in [1.165, 1.54) is 7.11 Å². The van der Waals surface area contributed by atoms with Crippen LogP contribution in [-0.4, -0.2) is 39.7 Å². The molecule has 0 radical (unpaired) electrons. The molecule has 1 rings (SSSR count). The molecule has 1 aromatic rings. The molecule has 0 unspecified atom stereocenters. The Labute approximate surface area is 97.9 Å². The first-order chi connectivity index (χ1) is 7.74. The Balaban J connectivity index is 3.00. The van der Waals surface area contributed by atoms with Crippen molar-refractivity contribution in [3.05, 3.63) is 11.8 Å². The van der Waals surface area contributed by atoms with Crippen LogP contribution < -0.4 is 4.74 Å². The number of rotatable bonds is 2. The lowest BCUT2D eigenvalue weighted by molar-refractivity contribution is 0.0512. The van der Waals surface area contributed by atoms with E-state index < -0.39 is 17.7 Å². The fraction of sp³-hybridized carbons (Fsp3) is 0.500. The first-order valence-corrected chi connectivity index (χ1v) is 4.85. The standard InChI is InChI=1S/C10H14N2O5/c1-10(2,3)17-9(15)12-5-6(8(13)14)7(11-12)16-4/h5H,1-4H3,(H,13,14). The molecule has 0 aromatic carbocycles. The van der Waals surface area contributed by atoms with Crippen LogP contribution in [0.1, 0.15) is 31.1 Å². The molecule has 1 N–H and O–H groups in total. The second kappa shape index (κ2) is 4.44. The number of carbonyl (C=O) groups excluding carboxylic acids is 1. The van der Waals surface area contributed by atoms with Gasteiger partial charge in [-0.05, 0) is 20.8 Å². The highest BCUT2D eigenvalue weighted by atomic mass is 16.6. The van der Waals surface area contributed by atoms with Gasteiger partial charge in [0.2, 0.25) is 5.88 Å². The van der Waals surface area contributed by atoms with E-state index in [-0.39, 0.29) is 11.4 Å². The topological polar surface area (TPSA) is 90.7 Å². The lowest BCUT2D eigenvalue weighted by Crippen LogP contribution is -2.27. The highest BCUT2D eigenvalue weighted by molar-refractivity contribution is 5.90. The Morgan fingerprint density at radius 1 is 1.41 bits per heavy atom. The van der Waals surface area contributed by atoms with Crippen LogP contribution in [0.2, 0.25) is 0 Å². The van der Waals surface area contributed by atoms with Crippen LogP contribution in [-0.2, 0) is 4.74 Å². The minimum Gasteiger partial charge on any atom is -0.479 e. The fourth-order valence-corrected chi connectivity index (χ4v) is 1.06. The van der Waals surface area contributed by atoms with E-state index in [1.807, 2.05) is 0 Å². The zero-order valence-corrected chi connectivity index (χ0v) is 10.1. The zero-order valence-electron chi connectivity index (χ0n) is 10.1. The summed E-state index contributed by atoms with van der Waals surface area (Å²) in [4.78, 5) is 22.4. The van der Waals surface area contributed by atoms with Crippen LogP contribution in [0.15, 0.2) is 6.20 Å². The molecule has 17 heavy (non-hydrogen) atoms. The lowest BCUT2D eigenvalue weighted by Gasteiger charge is -2.18. The molecule has 0 fully saturated rings. The normalized spacial score (nSPS) is 11.1. The molecule has 0 bridgehead atoms. The zero-order chi connectivity index (χ0) is 13.2. The molecular formula is C10H14N2O5. The molecule has 1 aromatic heterocycles. The van der Waals surface area contributed by atoms with Gasteiger partial charge in [0.1, 0.15) is 11.2 Å². The number of carbonyl (C=O) groups is 2. The van der Waals surface area contributed by atoms with Crippen LogP contribution in [0.5, 0.6) is 5.88 Å². The summed E-state index contributed by atoms with van der Waals surface area (Å²) in [5.41, 5.74) is -0.877. The molecule has 0 aliphatic carbocycles. The van der Waals surface area contributed by atoms with Gasteiger partial charge in [0.15, 0.2) is 0 Å². The summed E-state index contributed by atoms with van der Waals surface area (Å²) >= 11 is 0. The average Bonchev–Trinajstić information content (AvgIpc) is 2.58. The number of aromatic nitrogens is 2. The Bertz CT molecular complexity index is 444. The summed E-state index contributed by atoms with van der Waals surface area (Å²) in [7, 11) is 1.27. The van der Waals surface area contributed by atoms with Crippen molar-refractivity contribution in [2.24, 2.45) is 0 Å². The summed E-state index contributed by atoms with van der Waals surface area (Å²) in [5.74, 6) is -1.36. The van der Waals surface area contributed by atoms with E-state index in [1.54, 1.807) is 20.8 Å². The Morgan fingerprint density at radius 3 is 2.35 bits per heavy atom. The average molecular weight is 242 g/mol. The number of methoxy groups -OCH3 is 1. The van der Waals surface area contributed by atoms with Crippen molar-refractivity contribution in [1.29, 1.82) is 0 Å². The third-order valence-corrected chi connectivity index (χ3v) is 1.68. The predicted octanol–water partition coefficient (Wildman–Crippen LogP) is 1.37. The van der Waals surface area contributed by atoms with Gasteiger partial charge in [-0.2, -0.15) is 4.68 Å². The van der Waals surface area contributed by atoms with Crippen LogP contribution in [0, 0.1) is 0 Å². The molecule has 0 aliphatic rings. The van der Waals surface area contributed by atoms with Crippen LogP contribution in [0.3, 0.4) is 0 Å². The summed E-state index contributed by atoms with van der Waals surface area (Å²) < 4.78 is 10.6. The van der Waals surface area contributed by atoms with E-state index in [2.05, 4.69) is 5.10 Å². The second-order valence-electron chi connectivity index (χ2n) is 4.28. The van der Waals surface area contributed by atoms with Crippen molar-refractivity contribution in [2.75, 3.05) is 7.11 Å². The van der Waals surface area contributed by atoms with E-state index >= 15 is 0 Å². The minimum absolute atomic E-state index is 0.136. The maximum atomic E-state index is 11.6. The Hall–Kier alpha value is -2.05. The third-order valence-electron chi connectivity index (χ3n) is 1.68. The van der Waals surface area contributed by atoms with Crippen LogP contribution >= 0.6 is 0 Å². The molecule has 0 atom stereocenters. The number of hydrogen-bond acceptors (Lipinski definition) is 5. The first kappa shape index (κ1) is 13.0. The van der Waals surface area contributed by atoms with E-state index in [9.17, 15) is 9.59 Å². The van der Waals surface area contributed by atoms with Gasteiger partial charge in [-0.3, -0.25) is 0 Å². The summed E-state index contributed by atoms with van der Waals surface area (Å²) in [6.45, 7) is 5.09. The van der Waals surface area contributed by atoms with E-state index in [4.69, 9.17) is 14.6 Å². The fourth-order valence-electron chi connectivity index (χ4n) is 1.06. The van der Waals surface area contributed by atoms with Gasteiger partial charge in [0.25, 0.3) is 0 Å². The highest BCUT2D eigenvalue weighted by Crippen LogP contribution is 2.16. The van der Waals surface area contributed by atoms with Gasteiger partial charge in [-0.1, -0.05) is 0 Å². The molecule has 0 aliphatic heterocycles. The molecule has 0 amide bonds. The predicted molar refractivity (Wildman–Crippen MR) is 57.4 cm³/mol. The summed E-state index contributed by atoms with van der Waals surface area (Å²) in [6, 6.07) is 0. The lowest BCUT2D eigenvalue weighted by atomic mass is 10.2. The van der Waals surface area contributed by atoms with Crippen molar-refractivity contribution >= 4 is 12.1 Å².